The topological polar surface area (TPSA) is 67.4 Å². The number of carbonyl (C=O) groups excluding carboxylic acids is 2. The Labute approximate surface area is 127 Å². The van der Waals surface area contributed by atoms with Crippen molar-refractivity contribution in [3.05, 3.63) is 71.9 Å². The lowest BCUT2D eigenvalue weighted by molar-refractivity contribution is -0.115. The van der Waals surface area contributed by atoms with Crippen LogP contribution in [0.4, 0.5) is 4.79 Å². The summed E-state index contributed by atoms with van der Waals surface area (Å²) >= 11 is 0. The minimum Gasteiger partial charge on any atom is -0.457 e. The van der Waals surface area contributed by atoms with Crippen molar-refractivity contribution in [1.29, 1.82) is 0 Å². The molecule has 0 aliphatic carbocycles. The summed E-state index contributed by atoms with van der Waals surface area (Å²) in [5, 5.41) is 4.63. The van der Waals surface area contributed by atoms with E-state index in [1.165, 1.54) is 0 Å². The molecule has 3 amide bonds. The predicted octanol–water partition coefficient (Wildman–Crippen LogP) is 2.74. The monoisotopic (exact) mass is 294 g/mol. The highest BCUT2D eigenvalue weighted by Crippen LogP contribution is 2.25. The molecule has 0 atom stereocenters. The van der Waals surface area contributed by atoms with Crippen LogP contribution in [0.3, 0.4) is 0 Å². The Morgan fingerprint density at radius 3 is 2.36 bits per heavy atom. The van der Waals surface area contributed by atoms with Crippen LogP contribution in [-0.4, -0.2) is 11.9 Å². The first kappa shape index (κ1) is 13.9. The lowest BCUT2D eigenvalue weighted by Crippen LogP contribution is -2.22. The number of urea groups is 1. The van der Waals surface area contributed by atoms with Crippen LogP contribution >= 0.6 is 0 Å². The average Bonchev–Trinajstić information content (AvgIpc) is 2.85. The molecule has 22 heavy (non-hydrogen) atoms. The van der Waals surface area contributed by atoms with Crippen molar-refractivity contribution in [2.24, 2.45) is 0 Å². The lowest BCUT2D eigenvalue weighted by atomic mass is 10.1. The molecule has 5 heteroatoms. The molecule has 0 spiro atoms. The number of hydrogen-bond donors (Lipinski definition) is 2. The van der Waals surface area contributed by atoms with Gasteiger partial charge in [-0.25, -0.2) is 4.79 Å². The molecule has 1 aliphatic rings. The number of benzene rings is 2. The number of hydrogen-bond acceptors (Lipinski definition) is 3. The van der Waals surface area contributed by atoms with E-state index in [2.05, 4.69) is 10.6 Å². The first-order valence-corrected chi connectivity index (χ1v) is 6.86. The Morgan fingerprint density at radius 2 is 1.64 bits per heavy atom. The standard InChI is InChI=1S/C17H14N2O3/c20-16-14(18-17(21)19-16)11-10-12-6-4-5-9-15(12)22-13-7-2-1-3-8-13/h1-9,11H,10H2,(H2,18,19,20,21)/b14-11+. The maximum absolute atomic E-state index is 11.5. The molecule has 2 N–H and O–H groups in total. The highest BCUT2D eigenvalue weighted by molar-refractivity contribution is 6.11. The van der Waals surface area contributed by atoms with E-state index in [0.717, 1.165) is 17.1 Å². The van der Waals surface area contributed by atoms with Gasteiger partial charge >= 0.3 is 6.03 Å². The minimum absolute atomic E-state index is 0.263. The van der Waals surface area contributed by atoms with Gasteiger partial charge in [-0.1, -0.05) is 42.5 Å². The van der Waals surface area contributed by atoms with Gasteiger partial charge in [0.2, 0.25) is 0 Å². The van der Waals surface area contributed by atoms with E-state index in [1.807, 2.05) is 54.6 Å². The maximum Gasteiger partial charge on any atom is 0.326 e. The van der Waals surface area contributed by atoms with Crippen molar-refractivity contribution in [2.75, 3.05) is 0 Å². The van der Waals surface area contributed by atoms with Gasteiger partial charge in [0.1, 0.15) is 17.2 Å². The largest absolute Gasteiger partial charge is 0.457 e. The Hall–Kier alpha value is -3.08. The van der Waals surface area contributed by atoms with Gasteiger partial charge in [-0.2, -0.15) is 0 Å². The van der Waals surface area contributed by atoms with E-state index in [9.17, 15) is 9.59 Å². The lowest BCUT2D eigenvalue weighted by Gasteiger charge is -2.09. The summed E-state index contributed by atoms with van der Waals surface area (Å²) in [6.45, 7) is 0. The van der Waals surface area contributed by atoms with E-state index in [1.54, 1.807) is 6.08 Å². The minimum atomic E-state index is -0.495. The maximum atomic E-state index is 11.5. The third-order valence-electron chi connectivity index (χ3n) is 3.19. The first-order valence-electron chi connectivity index (χ1n) is 6.86. The molecule has 3 rings (SSSR count). The fraction of sp³-hybridized carbons (Fsp3) is 0.0588. The number of amides is 3. The van der Waals surface area contributed by atoms with Gasteiger partial charge in [0.05, 0.1) is 0 Å². The van der Waals surface area contributed by atoms with Crippen LogP contribution in [0.25, 0.3) is 0 Å². The van der Waals surface area contributed by atoms with E-state index < -0.39 is 11.9 Å². The van der Waals surface area contributed by atoms with Crippen molar-refractivity contribution >= 4 is 11.9 Å². The summed E-state index contributed by atoms with van der Waals surface area (Å²) in [6, 6.07) is 16.6. The molecule has 1 heterocycles. The summed E-state index contributed by atoms with van der Waals surface area (Å²) in [6.07, 6.45) is 2.15. The number of nitrogens with one attached hydrogen (secondary N) is 2. The third kappa shape index (κ3) is 3.15. The number of para-hydroxylation sites is 2. The van der Waals surface area contributed by atoms with E-state index in [-0.39, 0.29) is 5.70 Å². The Kier molecular flexibility index (Phi) is 3.87. The number of imide groups is 1. The third-order valence-corrected chi connectivity index (χ3v) is 3.19. The summed E-state index contributed by atoms with van der Waals surface area (Å²) in [4.78, 5) is 22.6. The van der Waals surface area contributed by atoms with Gasteiger partial charge in [0.25, 0.3) is 5.91 Å². The molecule has 0 aromatic heterocycles. The second-order valence-electron chi connectivity index (χ2n) is 4.75. The fourth-order valence-corrected chi connectivity index (χ4v) is 2.12. The zero-order valence-corrected chi connectivity index (χ0v) is 11.7. The van der Waals surface area contributed by atoms with Gasteiger partial charge in [-0.15, -0.1) is 0 Å². The van der Waals surface area contributed by atoms with Crippen LogP contribution in [0.1, 0.15) is 5.56 Å². The molecule has 0 bridgehead atoms. The van der Waals surface area contributed by atoms with Crippen LogP contribution in [-0.2, 0) is 11.2 Å². The van der Waals surface area contributed by atoms with Crippen molar-refractivity contribution in [1.82, 2.24) is 10.6 Å². The smallest absolute Gasteiger partial charge is 0.326 e. The molecule has 1 fully saturated rings. The second-order valence-corrected chi connectivity index (χ2v) is 4.75. The normalized spacial score (nSPS) is 15.5. The van der Waals surface area contributed by atoms with Crippen LogP contribution < -0.4 is 15.4 Å². The summed E-state index contributed by atoms with van der Waals surface area (Å²) in [7, 11) is 0. The van der Waals surface area contributed by atoms with Gasteiger partial charge in [-0.05, 0) is 30.2 Å². The number of carbonyl (C=O) groups is 2. The molecule has 1 aliphatic heterocycles. The summed E-state index contributed by atoms with van der Waals surface area (Å²) < 4.78 is 5.86. The Balaban J connectivity index is 1.78. The highest BCUT2D eigenvalue weighted by atomic mass is 16.5. The van der Waals surface area contributed by atoms with Crippen molar-refractivity contribution < 1.29 is 14.3 Å². The molecule has 2 aromatic carbocycles. The molecular weight excluding hydrogens is 280 g/mol. The first-order chi connectivity index (χ1) is 10.7. The number of rotatable bonds is 4. The van der Waals surface area contributed by atoms with Crippen molar-refractivity contribution in [3.63, 3.8) is 0 Å². The Bertz CT molecular complexity index is 739. The molecular formula is C17H14N2O3. The van der Waals surface area contributed by atoms with E-state index >= 15 is 0 Å². The average molecular weight is 294 g/mol. The van der Waals surface area contributed by atoms with E-state index in [0.29, 0.717) is 6.42 Å². The summed E-state index contributed by atoms with van der Waals surface area (Å²) in [5.74, 6) is 1.05. The van der Waals surface area contributed by atoms with Crippen LogP contribution in [0.2, 0.25) is 0 Å². The second kappa shape index (κ2) is 6.13. The fourth-order valence-electron chi connectivity index (χ4n) is 2.12. The quantitative estimate of drug-likeness (QED) is 0.673. The Morgan fingerprint density at radius 1 is 0.909 bits per heavy atom. The molecule has 0 saturated carbocycles. The SMILES string of the molecule is O=C1NC(=O)/C(=C\Cc2ccccc2Oc2ccccc2)N1. The van der Waals surface area contributed by atoms with Crippen molar-refractivity contribution in [3.8, 4) is 11.5 Å². The predicted molar refractivity (Wildman–Crippen MR) is 81.4 cm³/mol. The molecule has 2 aromatic rings. The van der Waals surface area contributed by atoms with Gasteiger partial charge < -0.3 is 10.1 Å². The van der Waals surface area contributed by atoms with Gasteiger partial charge in [0.15, 0.2) is 0 Å². The van der Waals surface area contributed by atoms with Gasteiger partial charge in [0, 0.05) is 0 Å². The van der Waals surface area contributed by atoms with Crippen LogP contribution in [0.5, 0.6) is 11.5 Å². The summed E-state index contributed by atoms with van der Waals surface area (Å²) in [5.41, 5.74) is 1.19. The molecule has 110 valence electrons. The van der Waals surface area contributed by atoms with Gasteiger partial charge in [-0.3, -0.25) is 10.1 Å². The van der Waals surface area contributed by atoms with E-state index in [4.69, 9.17) is 4.74 Å². The number of allylic oxidation sites excluding steroid dienone is 1. The van der Waals surface area contributed by atoms with Crippen molar-refractivity contribution in [2.45, 2.75) is 6.42 Å². The molecule has 1 saturated heterocycles. The number of ether oxygens (including phenoxy) is 1. The van der Waals surface area contributed by atoms with Crippen LogP contribution in [0, 0.1) is 0 Å². The highest BCUT2D eigenvalue weighted by Gasteiger charge is 2.22. The molecule has 0 unspecified atom stereocenters. The zero-order chi connectivity index (χ0) is 15.4. The zero-order valence-electron chi connectivity index (χ0n) is 11.7. The molecule has 0 radical (unpaired) electrons. The molecule has 5 nitrogen and oxygen atoms in total. The van der Waals surface area contributed by atoms with Crippen LogP contribution in [0.15, 0.2) is 66.4 Å².